The lowest BCUT2D eigenvalue weighted by atomic mass is 10.2. The number of hydrogen-bond donors (Lipinski definition) is 0. The molecule has 0 atom stereocenters. The van der Waals surface area contributed by atoms with E-state index in [1.807, 2.05) is 6.07 Å². The van der Waals surface area contributed by atoms with Crippen LogP contribution in [0.3, 0.4) is 0 Å². The van der Waals surface area contributed by atoms with Crippen molar-refractivity contribution in [3.05, 3.63) is 84.3 Å². The van der Waals surface area contributed by atoms with Gasteiger partial charge in [0.15, 0.2) is 0 Å². The molecular formula is C20H19NO5S. The molecule has 7 heteroatoms. The van der Waals surface area contributed by atoms with E-state index in [1.165, 1.54) is 34.8 Å². The van der Waals surface area contributed by atoms with Gasteiger partial charge in [-0.25, -0.2) is 13.2 Å². The summed E-state index contributed by atoms with van der Waals surface area (Å²) in [6.45, 7) is 2.08. The smallest absolute Gasteiger partial charge is 0.338 e. The fourth-order valence-electron chi connectivity index (χ4n) is 2.59. The van der Waals surface area contributed by atoms with Crippen molar-refractivity contribution in [2.24, 2.45) is 0 Å². The number of furan rings is 1. The Morgan fingerprint density at radius 2 is 1.70 bits per heavy atom. The maximum absolute atomic E-state index is 12.9. The minimum atomic E-state index is -3.73. The Balaban J connectivity index is 1.76. The van der Waals surface area contributed by atoms with E-state index in [1.54, 1.807) is 43.3 Å². The fourth-order valence-corrected chi connectivity index (χ4v) is 4.06. The van der Waals surface area contributed by atoms with Crippen LogP contribution in [0.2, 0.25) is 0 Å². The predicted molar refractivity (Wildman–Crippen MR) is 101 cm³/mol. The van der Waals surface area contributed by atoms with Crippen molar-refractivity contribution in [2.75, 3.05) is 10.8 Å². The van der Waals surface area contributed by atoms with Crippen LogP contribution >= 0.6 is 0 Å². The van der Waals surface area contributed by atoms with Crippen molar-refractivity contribution in [3.8, 4) is 0 Å². The highest BCUT2D eigenvalue weighted by atomic mass is 32.2. The minimum Gasteiger partial charge on any atom is -0.466 e. The van der Waals surface area contributed by atoms with Crippen LogP contribution in [0.25, 0.3) is 0 Å². The summed E-state index contributed by atoms with van der Waals surface area (Å²) in [5, 5.41) is 0. The molecule has 0 amide bonds. The van der Waals surface area contributed by atoms with Gasteiger partial charge in [0.1, 0.15) is 12.4 Å². The van der Waals surface area contributed by atoms with Crippen LogP contribution in [0.4, 0.5) is 5.69 Å². The number of hydrogen-bond acceptors (Lipinski definition) is 5. The molecule has 0 aliphatic heterocycles. The van der Waals surface area contributed by atoms with E-state index in [-0.39, 0.29) is 17.1 Å². The highest BCUT2D eigenvalue weighted by Crippen LogP contribution is 2.23. The third kappa shape index (κ3) is 4.20. The lowest BCUT2D eigenvalue weighted by Crippen LogP contribution is -2.30. The summed E-state index contributed by atoms with van der Waals surface area (Å²) in [4.78, 5) is 12.2. The van der Waals surface area contributed by atoms with Gasteiger partial charge < -0.3 is 9.15 Å². The quantitative estimate of drug-likeness (QED) is 0.577. The van der Waals surface area contributed by atoms with Crippen molar-refractivity contribution < 1.29 is 22.4 Å². The van der Waals surface area contributed by atoms with Gasteiger partial charge in [-0.3, -0.25) is 4.31 Å². The van der Waals surface area contributed by atoms with Crippen molar-refractivity contribution in [2.45, 2.75) is 18.4 Å². The van der Waals surface area contributed by atoms with Crippen LogP contribution in [0, 0.1) is 0 Å². The zero-order chi connectivity index (χ0) is 19.3. The predicted octanol–water partition coefficient (Wildman–Crippen LogP) is 3.85. The molecule has 1 heterocycles. The second kappa shape index (κ2) is 8.09. The number of carbonyl (C=O) groups is 1. The van der Waals surface area contributed by atoms with E-state index in [2.05, 4.69) is 0 Å². The van der Waals surface area contributed by atoms with Crippen LogP contribution < -0.4 is 4.31 Å². The molecule has 0 aliphatic rings. The molecule has 140 valence electrons. The Labute approximate surface area is 158 Å². The number of para-hydroxylation sites is 1. The van der Waals surface area contributed by atoms with Gasteiger partial charge in [-0.15, -0.1) is 0 Å². The Bertz CT molecular complexity index is 981. The maximum Gasteiger partial charge on any atom is 0.338 e. The number of rotatable bonds is 7. The van der Waals surface area contributed by atoms with Gasteiger partial charge in [0.25, 0.3) is 10.0 Å². The summed E-state index contributed by atoms with van der Waals surface area (Å²) in [6, 6.07) is 18.0. The lowest BCUT2D eigenvalue weighted by molar-refractivity contribution is 0.0445. The highest BCUT2D eigenvalue weighted by molar-refractivity contribution is 7.92. The number of nitrogens with zero attached hydrogens (tertiary/aromatic N) is 1. The van der Waals surface area contributed by atoms with Gasteiger partial charge in [-0.05, 0) is 55.5 Å². The Kier molecular flexibility index (Phi) is 5.61. The molecule has 1 aromatic heterocycles. The van der Waals surface area contributed by atoms with Crippen LogP contribution in [0.15, 0.2) is 82.3 Å². The van der Waals surface area contributed by atoms with E-state index >= 15 is 0 Å². The molecule has 0 spiro atoms. The highest BCUT2D eigenvalue weighted by Gasteiger charge is 2.23. The molecule has 3 aromatic rings. The van der Waals surface area contributed by atoms with Gasteiger partial charge in [-0.2, -0.15) is 0 Å². The molecule has 0 saturated carbocycles. The van der Waals surface area contributed by atoms with Crippen molar-refractivity contribution >= 4 is 21.7 Å². The average Bonchev–Trinajstić information content (AvgIpc) is 3.21. The molecule has 27 heavy (non-hydrogen) atoms. The molecule has 0 fully saturated rings. The molecular weight excluding hydrogens is 366 g/mol. The molecule has 0 saturated heterocycles. The second-order valence-electron chi connectivity index (χ2n) is 5.69. The Hall–Kier alpha value is -3.06. The first kappa shape index (κ1) is 18.7. The van der Waals surface area contributed by atoms with E-state index in [4.69, 9.17) is 9.15 Å². The van der Waals surface area contributed by atoms with Crippen molar-refractivity contribution in [1.82, 2.24) is 0 Å². The molecule has 0 unspecified atom stereocenters. The zero-order valence-corrected chi connectivity index (χ0v) is 15.6. The summed E-state index contributed by atoms with van der Waals surface area (Å²) in [7, 11) is -3.73. The number of sulfonamides is 1. The second-order valence-corrected chi connectivity index (χ2v) is 7.55. The van der Waals surface area contributed by atoms with Crippen LogP contribution in [0.5, 0.6) is 0 Å². The van der Waals surface area contributed by atoms with Crippen LogP contribution in [-0.4, -0.2) is 20.9 Å². The first-order valence-corrected chi connectivity index (χ1v) is 9.83. The lowest BCUT2D eigenvalue weighted by Gasteiger charge is -2.22. The average molecular weight is 385 g/mol. The minimum absolute atomic E-state index is 0.0174. The van der Waals surface area contributed by atoms with Gasteiger partial charge in [-0.1, -0.05) is 18.2 Å². The third-order valence-corrected chi connectivity index (χ3v) is 5.85. The fraction of sp³-hybridized carbons (Fsp3) is 0.150. The van der Waals surface area contributed by atoms with E-state index in [9.17, 15) is 13.2 Å². The molecule has 0 bridgehead atoms. The molecule has 2 aromatic carbocycles. The van der Waals surface area contributed by atoms with E-state index < -0.39 is 16.0 Å². The molecule has 6 nitrogen and oxygen atoms in total. The molecule has 3 rings (SSSR count). The van der Waals surface area contributed by atoms with E-state index in [0.717, 1.165) is 0 Å². The number of benzene rings is 2. The summed E-state index contributed by atoms with van der Waals surface area (Å²) < 4.78 is 37.4. The zero-order valence-electron chi connectivity index (χ0n) is 14.7. The van der Waals surface area contributed by atoms with Crippen LogP contribution in [0.1, 0.15) is 23.0 Å². The largest absolute Gasteiger partial charge is 0.466 e. The van der Waals surface area contributed by atoms with Gasteiger partial charge in [0.2, 0.25) is 0 Å². The SMILES string of the molecule is CCN(c1ccccc1)S(=O)(=O)c1ccc(C(=O)OCc2ccco2)cc1. The Morgan fingerprint density at radius 3 is 2.30 bits per heavy atom. The molecule has 0 N–H and O–H groups in total. The summed E-state index contributed by atoms with van der Waals surface area (Å²) in [5.41, 5.74) is 0.852. The van der Waals surface area contributed by atoms with Gasteiger partial charge in [0, 0.05) is 6.54 Å². The standard InChI is InChI=1S/C20H19NO5S/c1-2-21(17-7-4-3-5-8-17)27(23,24)19-12-10-16(11-13-19)20(22)26-15-18-9-6-14-25-18/h3-14H,2,15H2,1H3. The number of ether oxygens (including phenoxy) is 1. The van der Waals surface area contributed by atoms with Crippen molar-refractivity contribution in [3.63, 3.8) is 0 Å². The number of carbonyl (C=O) groups excluding carboxylic acids is 1. The summed E-state index contributed by atoms with van der Waals surface area (Å²) in [5.74, 6) is -0.0187. The molecule has 0 aliphatic carbocycles. The first-order chi connectivity index (χ1) is 13.0. The number of esters is 1. The van der Waals surface area contributed by atoms with Gasteiger partial charge >= 0.3 is 5.97 Å². The normalized spacial score (nSPS) is 11.1. The summed E-state index contributed by atoms with van der Waals surface area (Å²) in [6.07, 6.45) is 1.50. The number of anilines is 1. The molecule has 0 radical (unpaired) electrons. The van der Waals surface area contributed by atoms with E-state index in [0.29, 0.717) is 18.0 Å². The maximum atomic E-state index is 12.9. The Morgan fingerprint density at radius 1 is 1.00 bits per heavy atom. The van der Waals surface area contributed by atoms with Crippen molar-refractivity contribution in [1.29, 1.82) is 0 Å². The topological polar surface area (TPSA) is 76.8 Å². The summed E-state index contributed by atoms with van der Waals surface area (Å²) >= 11 is 0. The monoisotopic (exact) mass is 385 g/mol. The first-order valence-electron chi connectivity index (χ1n) is 8.39. The van der Waals surface area contributed by atoms with Gasteiger partial charge in [0.05, 0.1) is 22.4 Å². The third-order valence-electron chi connectivity index (χ3n) is 3.94. The van der Waals surface area contributed by atoms with Crippen LogP contribution in [-0.2, 0) is 21.4 Å².